The Hall–Kier alpha value is -2.37. The molecule has 6 heteroatoms. The topological polar surface area (TPSA) is 89.9 Å². The van der Waals surface area contributed by atoms with Crippen LogP contribution in [0.2, 0.25) is 0 Å². The molecule has 5 rings (SSSR count). The molecule has 3 fully saturated rings. The van der Waals surface area contributed by atoms with E-state index in [1.54, 1.807) is 13.0 Å². The maximum atomic E-state index is 14.1. The van der Waals surface area contributed by atoms with Crippen LogP contribution in [0, 0.1) is 40.4 Å². The van der Waals surface area contributed by atoms with Crippen molar-refractivity contribution in [2.24, 2.45) is 33.5 Å². The summed E-state index contributed by atoms with van der Waals surface area (Å²) in [4.78, 5) is 40.7. The maximum Gasteiger partial charge on any atom is 0.311 e. The number of aromatic hydroxyl groups is 1. The summed E-state index contributed by atoms with van der Waals surface area (Å²) < 4.78 is 10.7. The van der Waals surface area contributed by atoms with Crippen molar-refractivity contribution in [2.45, 2.75) is 91.9 Å². The smallest absolute Gasteiger partial charge is 0.311 e. The fraction of sp³-hybridized carbons (Fsp3) is 0.710. The third kappa shape index (κ3) is 3.07. The Bertz CT molecular complexity index is 1220. The summed E-state index contributed by atoms with van der Waals surface area (Å²) >= 11 is 0. The molecule has 0 heterocycles. The highest BCUT2D eigenvalue weighted by Crippen LogP contribution is 2.75. The SMILES string of the molecule is COC(=O)[C@]1(C)CC[C@]2(C)CC[C@]3(C)[C@H]4C(=O)C(=O)c5c(cc(OC)c(O)c5C)[C@]4(C)CC[C@@]3(C)[C@@H]2C1. The Kier molecular flexibility index (Phi) is 5.55. The average molecular weight is 511 g/mol. The first-order valence-corrected chi connectivity index (χ1v) is 13.7. The normalized spacial score (nSPS) is 42.7. The first-order chi connectivity index (χ1) is 17.1. The van der Waals surface area contributed by atoms with E-state index in [1.807, 2.05) is 6.92 Å². The summed E-state index contributed by atoms with van der Waals surface area (Å²) in [7, 11) is 2.98. The minimum atomic E-state index is -0.547. The van der Waals surface area contributed by atoms with Crippen molar-refractivity contribution in [2.75, 3.05) is 14.2 Å². The summed E-state index contributed by atoms with van der Waals surface area (Å²) in [6.45, 7) is 12.8. The highest BCUT2D eigenvalue weighted by Gasteiger charge is 2.71. The standard InChI is InChI=1S/C31H42O6/c1-17-21-18(15-19(36-7)22(17)32)29(4)12-14-30(5)20-16-28(3,26(35)37-8)10-9-27(20,2)11-13-31(30,6)25(29)24(34)23(21)33/h15,20,25,32H,9-14,16H2,1-8H3/t20-,25+,27-,28-,29+,30+,31-/m1/s1. The molecule has 202 valence electrons. The molecule has 4 aliphatic carbocycles. The van der Waals surface area contributed by atoms with Gasteiger partial charge in [0.15, 0.2) is 11.5 Å². The van der Waals surface area contributed by atoms with E-state index in [0.717, 1.165) is 50.5 Å². The second kappa shape index (κ2) is 7.83. The van der Waals surface area contributed by atoms with Crippen LogP contribution in [0.4, 0.5) is 0 Å². The molecule has 7 atom stereocenters. The number of Topliss-reactive ketones (excluding diaryl/α,β-unsaturated/α-hetero) is 2. The van der Waals surface area contributed by atoms with Crippen LogP contribution in [0.3, 0.4) is 0 Å². The van der Waals surface area contributed by atoms with E-state index in [-0.39, 0.29) is 34.2 Å². The monoisotopic (exact) mass is 510 g/mol. The lowest BCUT2D eigenvalue weighted by molar-refractivity contribution is -0.211. The maximum absolute atomic E-state index is 14.1. The molecule has 0 aromatic heterocycles. The predicted octanol–water partition coefficient (Wildman–Crippen LogP) is 5.93. The number of ether oxygens (including phenoxy) is 2. The molecule has 0 aliphatic heterocycles. The molecule has 0 bridgehead atoms. The fourth-order valence-electron chi connectivity index (χ4n) is 9.59. The zero-order valence-electron chi connectivity index (χ0n) is 23.7. The van der Waals surface area contributed by atoms with Gasteiger partial charge in [-0.1, -0.05) is 27.7 Å². The van der Waals surface area contributed by atoms with E-state index in [4.69, 9.17) is 9.47 Å². The lowest BCUT2D eigenvalue weighted by atomic mass is 9.32. The van der Waals surface area contributed by atoms with Crippen LogP contribution in [-0.4, -0.2) is 36.9 Å². The number of hydrogen-bond acceptors (Lipinski definition) is 6. The van der Waals surface area contributed by atoms with Crippen LogP contribution in [-0.2, 0) is 19.7 Å². The first-order valence-electron chi connectivity index (χ1n) is 13.7. The number of carbonyl (C=O) groups is 3. The zero-order valence-corrected chi connectivity index (χ0v) is 23.7. The second-order valence-electron chi connectivity index (χ2n) is 13.8. The Morgan fingerprint density at radius 1 is 0.946 bits per heavy atom. The van der Waals surface area contributed by atoms with Gasteiger partial charge in [-0.2, -0.15) is 0 Å². The number of fused-ring (bicyclic) bond motifs is 7. The lowest BCUT2D eigenvalue weighted by Gasteiger charge is -2.71. The molecule has 1 N–H and O–H groups in total. The summed E-state index contributed by atoms with van der Waals surface area (Å²) in [6.07, 6.45) is 6.01. The Morgan fingerprint density at radius 2 is 1.57 bits per heavy atom. The van der Waals surface area contributed by atoms with Gasteiger partial charge in [0.25, 0.3) is 0 Å². The Morgan fingerprint density at radius 3 is 2.19 bits per heavy atom. The van der Waals surface area contributed by atoms with Gasteiger partial charge in [-0.25, -0.2) is 0 Å². The minimum Gasteiger partial charge on any atom is -0.504 e. The molecule has 1 aromatic rings. The number of ketones is 2. The van der Waals surface area contributed by atoms with Crippen LogP contribution in [0.1, 0.15) is 101 Å². The van der Waals surface area contributed by atoms with Crippen molar-refractivity contribution in [1.82, 2.24) is 0 Å². The summed E-state index contributed by atoms with van der Waals surface area (Å²) in [5.74, 6) is -0.930. The third-order valence-electron chi connectivity index (χ3n) is 12.2. The molecular weight excluding hydrogens is 468 g/mol. The summed E-state index contributed by atoms with van der Waals surface area (Å²) in [5.41, 5.74) is -0.0365. The van der Waals surface area contributed by atoms with E-state index in [2.05, 4.69) is 27.7 Å². The Balaban J connectivity index is 1.67. The first kappa shape index (κ1) is 26.2. The van der Waals surface area contributed by atoms with Crippen molar-refractivity contribution in [1.29, 1.82) is 0 Å². The van der Waals surface area contributed by atoms with Gasteiger partial charge in [0.2, 0.25) is 11.6 Å². The summed E-state index contributed by atoms with van der Waals surface area (Å²) in [5, 5.41) is 10.7. The van der Waals surface area contributed by atoms with E-state index < -0.39 is 27.9 Å². The van der Waals surface area contributed by atoms with Crippen LogP contribution in [0.15, 0.2) is 6.07 Å². The van der Waals surface area contributed by atoms with Crippen molar-refractivity contribution < 1.29 is 29.0 Å². The predicted molar refractivity (Wildman–Crippen MR) is 140 cm³/mol. The molecule has 0 spiro atoms. The number of phenols is 1. The summed E-state index contributed by atoms with van der Waals surface area (Å²) in [6, 6.07) is 1.79. The van der Waals surface area contributed by atoms with Crippen LogP contribution >= 0.6 is 0 Å². The molecule has 0 unspecified atom stereocenters. The quantitative estimate of drug-likeness (QED) is 0.392. The van der Waals surface area contributed by atoms with Gasteiger partial charge >= 0.3 is 5.97 Å². The highest BCUT2D eigenvalue weighted by molar-refractivity contribution is 6.46. The molecule has 0 saturated heterocycles. The molecular formula is C31H42O6. The van der Waals surface area contributed by atoms with E-state index in [9.17, 15) is 19.5 Å². The number of methoxy groups -OCH3 is 2. The molecule has 6 nitrogen and oxygen atoms in total. The van der Waals surface area contributed by atoms with E-state index in [0.29, 0.717) is 16.9 Å². The number of esters is 1. The van der Waals surface area contributed by atoms with Gasteiger partial charge in [-0.15, -0.1) is 0 Å². The molecule has 0 amide bonds. The fourth-order valence-corrected chi connectivity index (χ4v) is 9.59. The molecule has 3 saturated carbocycles. The van der Waals surface area contributed by atoms with Crippen LogP contribution < -0.4 is 4.74 Å². The van der Waals surface area contributed by atoms with Gasteiger partial charge in [0.1, 0.15) is 0 Å². The molecule has 37 heavy (non-hydrogen) atoms. The minimum absolute atomic E-state index is 0.0750. The molecule has 4 aliphatic rings. The van der Waals surface area contributed by atoms with Gasteiger partial charge in [0.05, 0.1) is 19.6 Å². The average Bonchev–Trinajstić information content (AvgIpc) is 2.86. The van der Waals surface area contributed by atoms with Crippen molar-refractivity contribution in [3.63, 3.8) is 0 Å². The second-order valence-corrected chi connectivity index (χ2v) is 13.8. The largest absolute Gasteiger partial charge is 0.504 e. The number of rotatable bonds is 2. The number of phenolic OH excluding ortho intramolecular Hbond substituents is 1. The third-order valence-corrected chi connectivity index (χ3v) is 12.2. The van der Waals surface area contributed by atoms with Gasteiger partial charge < -0.3 is 14.6 Å². The van der Waals surface area contributed by atoms with Crippen LogP contribution in [0.5, 0.6) is 11.5 Å². The van der Waals surface area contributed by atoms with Crippen LogP contribution in [0.25, 0.3) is 0 Å². The van der Waals surface area contributed by atoms with Crippen molar-refractivity contribution in [3.05, 3.63) is 22.8 Å². The van der Waals surface area contributed by atoms with Gasteiger partial charge in [-0.3, -0.25) is 14.4 Å². The zero-order chi connectivity index (χ0) is 27.3. The Labute approximate surface area is 220 Å². The molecule has 0 radical (unpaired) electrons. The van der Waals surface area contributed by atoms with E-state index in [1.165, 1.54) is 14.2 Å². The van der Waals surface area contributed by atoms with E-state index >= 15 is 0 Å². The number of benzene rings is 1. The molecule has 1 aromatic carbocycles. The van der Waals surface area contributed by atoms with Gasteiger partial charge in [0, 0.05) is 22.5 Å². The van der Waals surface area contributed by atoms with Crippen molar-refractivity contribution >= 4 is 17.5 Å². The number of carbonyl (C=O) groups excluding carboxylic acids is 3. The van der Waals surface area contributed by atoms with Crippen molar-refractivity contribution in [3.8, 4) is 11.5 Å². The van der Waals surface area contributed by atoms with Gasteiger partial charge in [-0.05, 0) is 92.6 Å². The highest BCUT2D eigenvalue weighted by atomic mass is 16.5. The lowest BCUT2D eigenvalue weighted by Crippen LogP contribution is -2.68. The number of hydrogen-bond donors (Lipinski definition) is 1.